The Hall–Kier alpha value is -4.73. The van der Waals surface area contributed by atoms with Gasteiger partial charge in [0, 0.05) is 43.5 Å². The van der Waals surface area contributed by atoms with Crippen molar-refractivity contribution in [3.8, 4) is 11.9 Å². The first-order valence-corrected chi connectivity index (χ1v) is 12.7. The highest BCUT2D eigenvalue weighted by Gasteiger charge is 2.35. The van der Waals surface area contributed by atoms with Crippen molar-refractivity contribution in [3.05, 3.63) is 86.2 Å². The van der Waals surface area contributed by atoms with E-state index >= 15 is 0 Å². The third-order valence-corrected chi connectivity index (χ3v) is 6.61. The summed E-state index contributed by atoms with van der Waals surface area (Å²) in [5.74, 6) is 0.151. The molecule has 2 aromatic carbocycles. The molecule has 3 heterocycles. The molecule has 3 atom stereocenters. The summed E-state index contributed by atoms with van der Waals surface area (Å²) >= 11 is 0. The summed E-state index contributed by atoms with van der Waals surface area (Å²) in [6, 6.07) is 12.3. The summed E-state index contributed by atoms with van der Waals surface area (Å²) in [7, 11) is 0. The average Bonchev–Trinajstić information content (AvgIpc) is 3.56. The molecule has 1 fully saturated rings. The molecular weight excluding hydrogens is 540 g/mol. The Morgan fingerprint density at radius 2 is 1.51 bits per heavy atom. The number of imidazole rings is 1. The van der Waals surface area contributed by atoms with E-state index in [0.29, 0.717) is 24.0 Å². The van der Waals surface area contributed by atoms with Crippen molar-refractivity contribution < 1.29 is 34.3 Å². The molecule has 0 unspecified atom stereocenters. The zero-order valence-corrected chi connectivity index (χ0v) is 21.6. The second kappa shape index (κ2) is 12.2. The number of nitro groups is 2. The zero-order valence-electron chi connectivity index (χ0n) is 21.6. The van der Waals surface area contributed by atoms with Gasteiger partial charge in [-0.15, -0.1) is 0 Å². The number of nitrogens with zero attached hydrogens (tertiary/aromatic N) is 6. The Morgan fingerprint density at radius 1 is 0.927 bits per heavy atom. The Balaban J connectivity index is 1.34. The third-order valence-electron chi connectivity index (χ3n) is 6.61. The molecule has 0 radical (unpaired) electrons. The fourth-order valence-corrected chi connectivity index (χ4v) is 4.39. The van der Waals surface area contributed by atoms with E-state index in [4.69, 9.17) is 14.2 Å². The molecule has 0 spiro atoms. The van der Waals surface area contributed by atoms with E-state index in [9.17, 15) is 30.4 Å². The fraction of sp³-hybridized carbons (Fsp3) is 0.346. The van der Waals surface area contributed by atoms with Gasteiger partial charge in [0.25, 0.3) is 11.4 Å². The molecule has 2 N–H and O–H groups in total. The number of aliphatic hydroxyl groups is 2. The van der Waals surface area contributed by atoms with Crippen LogP contribution < -0.4 is 9.47 Å². The van der Waals surface area contributed by atoms with Gasteiger partial charge in [-0.05, 0) is 11.1 Å². The molecule has 0 saturated carbocycles. The molecular formula is C26H26N6O9. The minimum Gasteiger partial charge on any atom is -0.476 e. The molecule has 214 valence electrons. The number of benzene rings is 2. The van der Waals surface area contributed by atoms with Crippen LogP contribution in [0.2, 0.25) is 0 Å². The Labute approximate surface area is 232 Å². The van der Waals surface area contributed by atoms with E-state index < -0.39 is 28.3 Å². The van der Waals surface area contributed by atoms with Crippen molar-refractivity contribution in [2.24, 2.45) is 0 Å². The van der Waals surface area contributed by atoms with Crippen molar-refractivity contribution in [3.63, 3.8) is 0 Å². The summed E-state index contributed by atoms with van der Waals surface area (Å²) in [6.45, 7) is 0.0163. The second-order valence-electron chi connectivity index (χ2n) is 9.29. The lowest BCUT2D eigenvalue weighted by atomic mass is 10.1. The van der Waals surface area contributed by atoms with E-state index in [1.54, 1.807) is 28.8 Å². The SMILES string of the molecule is O=[N+]([O-])c1ccc(CCOc2nc(OCCc3ccc([N+](=O)[O-])cc3)c3ncn([C@H]4C[C@H](O)[C@@H](CO)O4)c3n2)cc1. The van der Waals surface area contributed by atoms with Gasteiger partial charge in [-0.25, -0.2) is 4.98 Å². The van der Waals surface area contributed by atoms with Crippen LogP contribution in [0.3, 0.4) is 0 Å². The smallest absolute Gasteiger partial charge is 0.321 e. The standard InChI is InChI=1S/C26H26N6O9/c33-14-21-20(34)13-22(41-21)30-15-27-23-24(30)28-26(40-12-10-17-3-7-19(8-4-17)32(37)38)29-25(23)39-11-9-16-1-5-18(6-2-16)31(35)36/h1-8,15,20-22,33-34H,9-14H2/t20-,21+,22+/m0/s1. The lowest BCUT2D eigenvalue weighted by molar-refractivity contribution is -0.385. The van der Waals surface area contributed by atoms with Crippen molar-refractivity contribution in [2.75, 3.05) is 19.8 Å². The number of aromatic nitrogens is 4. The van der Waals surface area contributed by atoms with Crippen LogP contribution in [0.25, 0.3) is 11.2 Å². The number of rotatable bonds is 12. The van der Waals surface area contributed by atoms with Crippen LogP contribution in [0.15, 0.2) is 54.9 Å². The summed E-state index contributed by atoms with van der Waals surface area (Å²) in [5, 5.41) is 41.5. The van der Waals surface area contributed by atoms with Crippen LogP contribution in [-0.2, 0) is 17.6 Å². The maximum Gasteiger partial charge on any atom is 0.321 e. The van der Waals surface area contributed by atoms with Crippen LogP contribution in [0.4, 0.5) is 11.4 Å². The summed E-state index contributed by atoms with van der Waals surface area (Å²) in [4.78, 5) is 34.1. The van der Waals surface area contributed by atoms with E-state index in [1.165, 1.54) is 30.6 Å². The normalized spacial score (nSPS) is 18.4. The van der Waals surface area contributed by atoms with Gasteiger partial charge in [0.1, 0.15) is 12.3 Å². The minimum atomic E-state index is -0.862. The zero-order chi connectivity index (χ0) is 28.9. The van der Waals surface area contributed by atoms with Crippen LogP contribution in [0, 0.1) is 20.2 Å². The van der Waals surface area contributed by atoms with E-state index in [-0.39, 0.29) is 49.5 Å². The summed E-state index contributed by atoms with van der Waals surface area (Å²) < 4.78 is 19.1. The van der Waals surface area contributed by atoms with Crippen LogP contribution in [-0.4, -0.2) is 71.6 Å². The van der Waals surface area contributed by atoms with Gasteiger partial charge in [-0.1, -0.05) is 24.3 Å². The van der Waals surface area contributed by atoms with E-state index in [2.05, 4.69) is 15.0 Å². The Morgan fingerprint density at radius 3 is 2.05 bits per heavy atom. The predicted octanol–water partition coefficient (Wildman–Crippen LogP) is 2.53. The molecule has 0 amide bonds. The van der Waals surface area contributed by atoms with Crippen molar-refractivity contribution >= 4 is 22.5 Å². The maximum atomic E-state index is 10.9. The average molecular weight is 567 g/mol. The molecule has 5 rings (SSSR count). The van der Waals surface area contributed by atoms with Gasteiger partial charge in [0.2, 0.25) is 5.88 Å². The first kappa shape index (κ1) is 27.8. The fourth-order valence-electron chi connectivity index (χ4n) is 4.39. The molecule has 1 saturated heterocycles. The Bertz CT molecular complexity index is 1530. The molecule has 41 heavy (non-hydrogen) atoms. The topological polar surface area (TPSA) is 198 Å². The number of nitro benzene ring substituents is 2. The quantitative estimate of drug-likeness (QED) is 0.188. The molecule has 4 aromatic rings. The van der Waals surface area contributed by atoms with Crippen LogP contribution >= 0.6 is 0 Å². The molecule has 0 bridgehead atoms. The molecule has 1 aliphatic rings. The second-order valence-corrected chi connectivity index (χ2v) is 9.29. The Kier molecular flexibility index (Phi) is 8.28. The predicted molar refractivity (Wildman–Crippen MR) is 142 cm³/mol. The van der Waals surface area contributed by atoms with Gasteiger partial charge in [-0.2, -0.15) is 9.97 Å². The number of ether oxygens (including phenoxy) is 3. The lowest BCUT2D eigenvalue weighted by Gasteiger charge is -2.14. The highest BCUT2D eigenvalue weighted by Crippen LogP contribution is 2.33. The van der Waals surface area contributed by atoms with Gasteiger partial charge in [0.05, 0.1) is 42.1 Å². The largest absolute Gasteiger partial charge is 0.476 e. The summed E-state index contributed by atoms with van der Waals surface area (Å²) in [6.07, 6.45) is 0.339. The van der Waals surface area contributed by atoms with Crippen molar-refractivity contribution in [1.29, 1.82) is 0 Å². The lowest BCUT2D eigenvalue weighted by Crippen LogP contribution is -2.24. The van der Waals surface area contributed by atoms with Gasteiger partial charge >= 0.3 is 6.01 Å². The van der Waals surface area contributed by atoms with Gasteiger partial charge < -0.3 is 24.4 Å². The van der Waals surface area contributed by atoms with Crippen molar-refractivity contribution in [2.45, 2.75) is 37.7 Å². The van der Waals surface area contributed by atoms with Crippen LogP contribution in [0.1, 0.15) is 23.8 Å². The molecule has 0 aliphatic carbocycles. The monoisotopic (exact) mass is 566 g/mol. The third kappa shape index (κ3) is 6.37. The molecule has 2 aromatic heterocycles. The molecule has 15 heteroatoms. The van der Waals surface area contributed by atoms with E-state index in [1.807, 2.05) is 0 Å². The number of fused-ring (bicyclic) bond motifs is 1. The van der Waals surface area contributed by atoms with Crippen LogP contribution in [0.5, 0.6) is 11.9 Å². The number of hydrogen-bond donors (Lipinski definition) is 2. The maximum absolute atomic E-state index is 10.9. The highest BCUT2D eigenvalue weighted by molar-refractivity contribution is 5.76. The minimum absolute atomic E-state index is 0.00347. The molecule has 15 nitrogen and oxygen atoms in total. The summed E-state index contributed by atoms with van der Waals surface area (Å²) in [5.41, 5.74) is 2.32. The first-order valence-electron chi connectivity index (χ1n) is 12.7. The van der Waals surface area contributed by atoms with Crippen molar-refractivity contribution in [1.82, 2.24) is 19.5 Å². The number of non-ortho nitro benzene ring substituents is 2. The van der Waals surface area contributed by atoms with Gasteiger partial charge in [-0.3, -0.25) is 24.8 Å². The number of hydrogen-bond acceptors (Lipinski definition) is 12. The van der Waals surface area contributed by atoms with Gasteiger partial charge in [0.15, 0.2) is 11.2 Å². The highest BCUT2D eigenvalue weighted by atomic mass is 16.6. The number of aliphatic hydroxyl groups excluding tert-OH is 2. The van der Waals surface area contributed by atoms with E-state index in [0.717, 1.165) is 11.1 Å². The molecule has 1 aliphatic heterocycles. The first-order chi connectivity index (χ1) is 19.8.